The Morgan fingerprint density at radius 2 is 1.49 bits per heavy atom. The van der Waals surface area contributed by atoms with Gasteiger partial charge < -0.3 is 19.5 Å². The molecular formula is C27H37NO6S. The highest BCUT2D eigenvalue weighted by atomic mass is 32.1. The quantitative estimate of drug-likeness (QED) is 0.392. The van der Waals surface area contributed by atoms with Crippen LogP contribution in [-0.2, 0) is 19.7 Å². The summed E-state index contributed by atoms with van der Waals surface area (Å²) < 4.78 is 15.8. The first-order valence-electron chi connectivity index (χ1n) is 11.8. The van der Waals surface area contributed by atoms with Gasteiger partial charge in [-0.05, 0) is 61.3 Å². The molecule has 1 aromatic heterocycles. The summed E-state index contributed by atoms with van der Waals surface area (Å²) in [6.45, 7) is 16.2. The molecule has 1 heterocycles. The third kappa shape index (κ3) is 7.82. The minimum atomic E-state index is -0.610. The number of hydrogen-bond acceptors (Lipinski definition) is 7. The molecule has 0 spiro atoms. The lowest BCUT2D eigenvalue weighted by atomic mass is 9.72. The molecule has 1 N–H and O–H groups in total. The van der Waals surface area contributed by atoms with Gasteiger partial charge in [0.05, 0.1) is 18.8 Å². The highest BCUT2D eigenvalue weighted by molar-refractivity contribution is 7.18. The summed E-state index contributed by atoms with van der Waals surface area (Å²) in [4.78, 5) is 37.6. The SMILES string of the molecule is CCOC(=O)c1sc(NC(=O)COc2ccc(C(C)(C)CC(C)(C)C)cc2)c(C(=O)OCC)c1C. The van der Waals surface area contributed by atoms with Crippen LogP contribution in [0.2, 0.25) is 0 Å². The van der Waals surface area contributed by atoms with Crippen LogP contribution in [0.15, 0.2) is 24.3 Å². The Balaban J connectivity index is 2.11. The Morgan fingerprint density at radius 1 is 0.914 bits per heavy atom. The van der Waals surface area contributed by atoms with Crippen LogP contribution < -0.4 is 10.1 Å². The molecule has 2 rings (SSSR count). The van der Waals surface area contributed by atoms with Crippen LogP contribution in [0.4, 0.5) is 5.00 Å². The Bertz CT molecular complexity index is 1050. The number of benzene rings is 1. The van der Waals surface area contributed by atoms with E-state index in [-0.39, 0.29) is 46.1 Å². The maximum Gasteiger partial charge on any atom is 0.348 e. The summed E-state index contributed by atoms with van der Waals surface area (Å²) in [5.41, 5.74) is 1.97. The average molecular weight is 504 g/mol. The van der Waals surface area contributed by atoms with Gasteiger partial charge in [0.1, 0.15) is 15.6 Å². The van der Waals surface area contributed by atoms with Crippen molar-refractivity contribution in [1.29, 1.82) is 0 Å². The topological polar surface area (TPSA) is 90.9 Å². The minimum Gasteiger partial charge on any atom is -0.484 e. The molecule has 7 nitrogen and oxygen atoms in total. The number of carbonyl (C=O) groups is 3. The van der Waals surface area contributed by atoms with Crippen molar-refractivity contribution >= 4 is 34.2 Å². The number of ether oxygens (including phenoxy) is 3. The fourth-order valence-corrected chi connectivity index (χ4v) is 5.29. The monoisotopic (exact) mass is 503 g/mol. The second kappa shape index (κ2) is 11.7. The van der Waals surface area contributed by atoms with Crippen LogP contribution >= 0.6 is 11.3 Å². The predicted molar refractivity (Wildman–Crippen MR) is 139 cm³/mol. The molecule has 1 amide bonds. The van der Waals surface area contributed by atoms with Crippen LogP contribution in [-0.4, -0.2) is 37.7 Å². The molecule has 0 aliphatic carbocycles. The third-order valence-corrected chi connectivity index (χ3v) is 6.51. The molecule has 1 aromatic carbocycles. The van der Waals surface area contributed by atoms with Crippen molar-refractivity contribution in [3.8, 4) is 5.75 Å². The number of rotatable bonds is 10. The predicted octanol–water partition coefficient (Wildman–Crippen LogP) is 6.14. The molecule has 8 heteroatoms. The number of nitrogens with one attached hydrogen (secondary N) is 1. The minimum absolute atomic E-state index is 0.00527. The van der Waals surface area contributed by atoms with Gasteiger partial charge in [-0.1, -0.05) is 46.8 Å². The lowest BCUT2D eigenvalue weighted by molar-refractivity contribution is -0.118. The third-order valence-electron chi connectivity index (χ3n) is 5.32. The smallest absolute Gasteiger partial charge is 0.348 e. The normalized spacial score (nSPS) is 11.7. The van der Waals surface area contributed by atoms with Crippen molar-refractivity contribution < 1.29 is 28.6 Å². The molecule has 35 heavy (non-hydrogen) atoms. The van der Waals surface area contributed by atoms with Gasteiger partial charge >= 0.3 is 11.9 Å². The highest BCUT2D eigenvalue weighted by Crippen LogP contribution is 2.37. The maximum absolute atomic E-state index is 12.6. The number of anilines is 1. The Hall–Kier alpha value is -2.87. The second-order valence-corrected chi connectivity index (χ2v) is 11.2. The second-order valence-electron chi connectivity index (χ2n) is 10.2. The molecule has 0 saturated heterocycles. The number of hydrogen-bond donors (Lipinski definition) is 1. The molecule has 0 atom stereocenters. The summed E-state index contributed by atoms with van der Waals surface area (Å²) in [5.74, 6) is -1.05. The van der Waals surface area contributed by atoms with Gasteiger partial charge in [0.15, 0.2) is 6.61 Å². The Morgan fingerprint density at radius 3 is 2.03 bits per heavy atom. The van der Waals surface area contributed by atoms with E-state index >= 15 is 0 Å². The molecule has 192 valence electrons. The van der Waals surface area contributed by atoms with E-state index in [1.54, 1.807) is 20.8 Å². The molecule has 0 radical (unpaired) electrons. The summed E-state index contributed by atoms with van der Waals surface area (Å²) >= 11 is 0.985. The van der Waals surface area contributed by atoms with Crippen molar-refractivity contribution in [3.05, 3.63) is 45.8 Å². The van der Waals surface area contributed by atoms with Gasteiger partial charge in [-0.3, -0.25) is 4.79 Å². The van der Waals surface area contributed by atoms with Crippen LogP contribution in [0.5, 0.6) is 5.75 Å². The van der Waals surface area contributed by atoms with Gasteiger partial charge in [-0.25, -0.2) is 9.59 Å². The lowest BCUT2D eigenvalue weighted by Gasteiger charge is -2.33. The molecule has 0 saturated carbocycles. The van der Waals surface area contributed by atoms with Crippen LogP contribution in [0, 0.1) is 12.3 Å². The molecule has 0 aliphatic heterocycles. The Kier molecular flexibility index (Phi) is 9.49. The van der Waals surface area contributed by atoms with Crippen molar-refractivity contribution in [2.75, 3.05) is 25.1 Å². The molecule has 0 bridgehead atoms. The van der Waals surface area contributed by atoms with E-state index in [0.717, 1.165) is 17.8 Å². The van der Waals surface area contributed by atoms with Gasteiger partial charge in [0.25, 0.3) is 5.91 Å². The highest BCUT2D eigenvalue weighted by Gasteiger charge is 2.28. The van der Waals surface area contributed by atoms with Crippen molar-refractivity contribution in [2.24, 2.45) is 5.41 Å². The zero-order chi connectivity index (χ0) is 26.4. The van der Waals surface area contributed by atoms with Crippen molar-refractivity contribution in [1.82, 2.24) is 0 Å². The first kappa shape index (κ1) is 28.4. The van der Waals surface area contributed by atoms with E-state index in [1.165, 1.54) is 5.56 Å². The van der Waals surface area contributed by atoms with E-state index in [2.05, 4.69) is 39.9 Å². The van der Waals surface area contributed by atoms with E-state index in [9.17, 15) is 14.4 Å². The van der Waals surface area contributed by atoms with E-state index in [0.29, 0.717) is 11.3 Å². The first-order valence-corrected chi connectivity index (χ1v) is 12.6. The van der Waals surface area contributed by atoms with Gasteiger partial charge in [-0.2, -0.15) is 0 Å². The zero-order valence-electron chi connectivity index (χ0n) is 22.0. The fourth-order valence-electron chi connectivity index (χ4n) is 4.18. The summed E-state index contributed by atoms with van der Waals surface area (Å²) in [5, 5.41) is 2.92. The van der Waals surface area contributed by atoms with Crippen molar-refractivity contribution in [3.63, 3.8) is 0 Å². The van der Waals surface area contributed by atoms with Crippen molar-refractivity contribution in [2.45, 2.75) is 67.2 Å². The van der Waals surface area contributed by atoms with Crippen LogP contribution in [0.25, 0.3) is 0 Å². The van der Waals surface area contributed by atoms with Gasteiger partial charge in [0, 0.05) is 0 Å². The summed E-state index contributed by atoms with van der Waals surface area (Å²) in [7, 11) is 0. The van der Waals surface area contributed by atoms with Gasteiger partial charge in [0.2, 0.25) is 0 Å². The molecule has 0 aliphatic rings. The van der Waals surface area contributed by atoms with Crippen LogP contribution in [0.3, 0.4) is 0 Å². The number of carbonyl (C=O) groups excluding carboxylic acids is 3. The average Bonchev–Trinajstić information content (AvgIpc) is 3.07. The first-order chi connectivity index (χ1) is 16.3. The fraction of sp³-hybridized carbons (Fsp3) is 0.519. The maximum atomic E-state index is 12.6. The largest absolute Gasteiger partial charge is 0.484 e. The number of amides is 1. The lowest BCUT2D eigenvalue weighted by Crippen LogP contribution is -2.24. The Labute approximate surface area is 212 Å². The van der Waals surface area contributed by atoms with E-state index in [4.69, 9.17) is 14.2 Å². The molecule has 2 aromatic rings. The van der Waals surface area contributed by atoms with Gasteiger partial charge in [-0.15, -0.1) is 11.3 Å². The van der Waals surface area contributed by atoms with E-state index < -0.39 is 17.8 Å². The molecule has 0 fully saturated rings. The van der Waals surface area contributed by atoms with E-state index in [1.807, 2.05) is 24.3 Å². The summed E-state index contributed by atoms with van der Waals surface area (Å²) in [6.07, 6.45) is 1.03. The zero-order valence-corrected chi connectivity index (χ0v) is 22.8. The number of esters is 2. The number of thiophene rings is 1. The summed E-state index contributed by atoms with van der Waals surface area (Å²) in [6, 6.07) is 7.74. The van der Waals surface area contributed by atoms with Crippen LogP contribution in [0.1, 0.15) is 86.0 Å². The standard InChI is InChI=1S/C27H37NO6S/c1-9-32-24(30)21-17(3)22(25(31)33-10-2)35-23(21)28-20(29)15-34-19-13-11-18(12-14-19)27(7,8)16-26(4,5)6/h11-14H,9-10,15-16H2,1-8H3,(H,28,29). The molecular weight excluding hydrogens is 466 g/mol. The molecule has 0 unspecified atom stereocenters.